The smallest absolute Gasteiger partial charge is 0.403 e. The van der Waals surface area contributed by atoms with E-state index in [0.29, 0.717) is 25.2 Å². The van der Waals surface area contributed by atoms with Crippen LogP contribution in [0.1, 0.15) is 17.5 Å². The minimum Gasteiger partial charge on any atom is -0.403 e. The molecule has 0 amide bonds. The monoisotopic (exact) mass is 393 g/mol. The quantitative estimate of drug-likeness (QED) is 0.698. The summed E-state index contributed by atoms with van der Waals surface area (Å²) >= 11 is 0. The molecule has 2 aliphatic heterocycles. The van der Waals surface area contributed by atoms with Gasteiger partial charge in [-0.1, -0.05) is 42.5 Å². The Kier molecular flexibility index (Phi) is 5.12. The van der Waals surface area contributed by atoms with Gasteiger partial charge >= 0.3 is 6.36 Å². The molecular weight excluding hydrogens is 374 g/mol. The molecule has 0 saturated carbocycles. The molecule has 2 aliphatic rings. The zero-order valence-corrected chi connectivity index (χ0v) is 15.0. The molecule has 7 heteroatoms. The summed E-state index contributed by atoms with van der Waals surface area (Å²) in [5, 5.41) is 0. The van der Waals surface area contributed by atoms with Crippen LogP contribution in [0.3, 0.4) is 0 Å². The fraction of sp³-hybridized carbons (Fsp3) is 0.333. The van der Waals surface area contributed by atoms with Gasteiger partial charge in [-0.3, -0.25) is 4.90 Å². The molecule has 0 aliphatic carbocycles. The molecule has 2 atom stereocenters. The SMILES string of the molecule is Fc1cc(C2=CC3COCC(C2)N3Cc2ccccc2)ccc1OC(F)(F)F. The highest BCUT2D eigenvalue weighted by Crippen LogP contribution is 2.35. The van der Waals surface area contributed by atoms with Gasteiger partial charge in [0.1, 0.15) is 0 Å². The fourth-order valence-electron chi connectivity index (χ4n) is 3.82. The van der Waals surface area contributed by atoms with Crippen molar-refractivity contribution in [1.82, 2.24) is 4.90 Å². The second-order valence-electron chi connectivity index (χ2n) is 7.01. The van der Waals surface area contributed by atoms with E-state index in [1.807, 2.05) is 24.3 Å². The molecule has 0 spiro atoms. The van der Waals surface area contributed by atoms with Gasteiger partial charge in [-0.15, -0.1) is 13.2 Å². The Morgan fingerprint density at radius 3 is 2.54 bits per heavy atom. The van der Waals surface area contributed by atoms with E-state index in [4.69, 9.17) is 4.74 Å². The lowest BCUT2D eigenvalue weighted by Gasteiger charge is -2.44. The minimum atomic E-state index is -4.92. The average molecular weight is 393 g/mol. The molecule has 1 fully saturated rings. The van der Waals surface area contributed by atoms with Crippen molar-refractivity contribution < 1.29 is 27.0 Å². The Balaban J connectivity index is 1.56. The number of fused-ring (bicyclic) bond motifs is 2. The summed E-state index contributed by atoms with van der Waals surface area (Å²) in [5.74, 6) is -1.84. The first-order valence-electron chi connectivity index (χ1n) is 9.03. The Hall–Kier alpha value is -2.38. The first-order valence-corrected chi connectivity index (χ1v) is 9.03. The molecule has 1 saturated heterocycles. The van der Waals surface area contributed by atoms with Crippen molar-refractivity contribution in [3.05, 3.63) is 71.6 Å². The van der Waals surface area contributed by atoms with Gasteiger partial charge in [0.05, 0.1) is 19.3 Å². The van der Waals surface area contributed by atoms with Crippen LogP contribution in [0.15, 0.2) is 54.6 Å². The summed E-state index contributed by atoms with van der Waals surface area (Å²) in [5.41, 5.74) is 2.69. The highest BCUT2D eigenvalue weighted by Gasteiger charge is 2.35. The van der Waals surface area contributed by atoms with E-state index < -0.39 is 17.9 Å². The number of nitrogens with zero attached hydrogens (tertiary/aromatic N) is 1. The van der Waals surface area contributed by atoms with E-state index in [1.54, 1.807) is 0 Å². The molecular formula is C21H19F4NO2. The number of ether oxygens (including phenoxy) is 2. The van der Waals surface area contributed by atoms with Crippen molar-refractivity contribution in [2.24, 2.45) is 0 Å². The van der Waals surface area contributed by atoms with Gasteiger partial charge in [-0.25, -0.2) is 4.39 Å². The molecule has 2 aromatic rings. The number of alkyl halides is 3. The van der Waals surface area contributed by atoms with Crippen molar-refractivity contribution in [2.45, 2.75) is 31.4 Å². The summed E-state index contributed by atoms with van der Waals surface area (Å²) < 4.78 is 60.5. The van der Waals surface area contributed by atoms with E-state index in [2.05, 4.69) is 21.8 Å². The molecule has 0 N–H and O–H groups in total. The topological polar surface area (TPSA) is 21.7 Å². The molecule has 2 bridgehead atoms. The van der Waals surface area contributed by atoms with Crippen molar-refractivity contribution >= 4 is 5.57 Å². The standard InChI is InChI=1S/C21H19F4NO2/c22-19-10-15(6-7-20(19)28-21(23,24)25)16-8-17-12-27-13-18(9-16)26(17)11-14-4-2-1-3-5-14/h1-8,10,17-18H,9,11-13H2. The number of morpholine rings is 1. The largest absolute Gasteiger partial charge is 0.573 e. The van der Waals surface area contributed by atoms with E-state index in [0.717, 1.165) is 24.3 Å². The van der Waals surface area contributed by atoms with Crippen LogP contribution in [-0.4, -0.2) is 36.6 Å². The lowest BCUT2D eigenvalue weighted by molar-refractivity contribution is -0.275. The van der Waals surface area contributed by atoms with E-state index in [1.165, 1.54) is 11.6 Å². The molecule has 3 nitrogen and oxygen atoms in total. The third-order valence-electron chi connectivity index (χ3n) is 5.08. The number of rotatable bonds is 4. The van der Waals surface area contributed by atoms with Crippen LogP contribution in [0.5, 0.6) is 5.75 Å². The summed E-state index contributed by atoms with van der Waals surface area (Å²) in [6, 6.07) is 13.9. The molecule has 2 heterocycles. The summed E-state index contributed by atoms with van der Waals surface area (Å²) in [6.07, 6.45) is -2.25. The first-order chi connectivity index (χ1) is 13.4. The van der Waals surface area contributed by atoms with Crippen molar-refractivity contribution in [2.75, 3.05) is 13.2 Å². The van der Waals surface area contributed by atoms with Crippen LogP contribution >= 0.6 is 0 Å². The van der Waals surface area contributed by atoms with Crippen molar-refractivity contribution in [3.8, 4) is 5.75 Å². The maximum Gasteiger partial charge on any atom is 0.573 e. The highest BCUT2D eigenvalue weighted by atomic mass is 19.4. The first kappa shape index (κ1) is 19.0. The maximum absolute atomic E-state index is 14.1. The van der Waals surface area contributed by atoms with Crippen LogP contribution in [0.25, 0.3) is 5.57 Å². The fourth-order valence-corrected chi connectivity index (χ4v) is 3.82. The number of halogens is 4. The zero-order chi connectivity index (χ0) is 19.7. The summed E-state index contributed by atoms with van der Waals surface area (Å²) in [4.78, 5) is 2.36. The lowest BCUT2D eigenvalue weighted by Crippen LogP contribution is -2.53. The van der Waals surface area contributed by atoms with Gasteiger partial charge in [0.2, 0.25) is 0 Å². The third-order valence-corrected chi connectivity index (χ3v) is 5.08. The highest BCUT2D eigenvalue weighted by molar-refractivity contribution is 5.68. The van der Waals surface area contributed by atoms with E-state index in [-0.39, 0.29) is 12.1 Å². The van der Waals surface area contributed by atoms with Crippen molar-refractivity contribution in [1.29, 1.82) is 0 Å². The predicted molar refractivity (Wildman–Crippen MR) is 96.1 cm³/mol. The Morgan fingerprint density at radius 2 is 1.86 bits per heavy atom. The van der Waals surface area contributed by atoms with Gasteiger partial charge in [0.15, 0.2) is 11.6 Å². The minimum absolute atomic E-state index is 0.0388. The summed E-state index contributed by atoms with van der Waals surface area (Å²) in [6.45, 7) is 1.89. The molecule has 4 rings (SSSR count). The Bertz CT molecular complexity index is 866. The van der Waals surface area contributed by atoms with Gasteiger partial charge < -0.3 is 9.47 Å². The van der Waals surface area contributed by atoms with Crippen LogP contribution in [0, 0.1) is 5.82 Å². The number of benzene rings is 2. The van der Waals surface area contributed by atoms with Gasteiger partial charge in [0.25, 0.3) is 0 Å². The van der Waals surface area contributed by atoms with Crippen LogP contribution in [-0.2, 0) is 11.3 Å². The molecule has 2 unspecified atom stereocenters. The second kappa shape index (κ2) is 7.56. The van der Waals surface area contributed by atoms with E-state index in [9.17, 15) is 17.6 Å². The predicted octanol–water partition coefficient (Wildman–Crippen LogP) is 4.78. The number of hydrogen-bond donors (Lipinski definition) is 0. The average Bonchev–Trinajstić information content (AvgIpc) is 2.63. The van der Waals surface area contributed by atoms with Crippen LogP contribution < -0.4 is 4.74 Å². The van der Waals surface area contributed by atoms with Crippen molar-refractivity contribution in [3.63, 3.8) is 0 Å². The van der Waals surface area contributed by atoms with Crippen LogP contribution in [0.4, 0.5) is 17.6 Å². The van der Waals surface area contributed by atoms with E-state index >= 15 is 0 Å². The lowest BCUT2D eigenvalue weighted by atomic mass is 9.89. The number of hydrogen-bond acceptors (Lipinski definition) is 3. The Labute approximate surface area is 160 Å². The van der Waals surface area contributed by atoms with Gasteiger partial charge in [0, 0.05) is 12.6 Å². The Morgan fingerprint density at radius 1 is 1.07 bits per heavy atom. The molecule has 0 aromatic heterocycles. The molecule has 28 heavy (non-hydrogen) atoms. The van der Waals surface area contributed by atoms with Crippen LogP contribution in [0.2, 0.25) is 0 Å². The maximum atomic E-state index is 14.1. The molecule has 2 aromatic carbocycles. The summed E-state index contributed by atoms with van der Waals surface area (Å²) in [7, 11) is 0. The normalized spacial score (nSPS) is 22.6. The van der Waals surface area contributed by atoms with Gasteiger partial charge in [-0.2, -0.15) is 0 Å². The third kappa shape index (κ3) is 4.20. The molecule has 0 radical (unpaired) electrons. The zero-order valence-electron chi connectivity index (χ0n) is 15.0. The second-order valence-corrected chi connectivity index (χ2v) is 7.01. The molecule has 148 valence electrons. The van der Waals surface area contributed by atoms with Gasteiger partial charge in [-0.05, 0) is 35.3 Å².